The second-order valence-corrected chi connectivity index (χ2v) is 9.94. The Kier molecular flexibility index (Phi) is 6.88. The van der Waals surface area contributed by atoms with Crippen LogP contribution in [0.25, 0.3) is 0 Å². The van der Waals surface area contributed by atoms with Crippen molar-refractivity contribution in [1.29, 1.82) is 0 Å². The summed E-state index contributed by atoms with van der Waals surface area (Å²) in [4.78, 5) is 24.2. The molecule has 0 spiro atoms. The van der Waals surface area contributed by atoms with Gasteiger partial charge in [0.2, 0.25) is 15.9 Å². The summed E-state index contributed by atoms with van der Waals surface area (Å²) in [6.45, 7) is 5.77. The van der Waals surface area contributed by atoms with E-state index in [0.29, 0.717) is 28.1 Å². The number of hydrogen-bond acceptors (Lipinski definition) is 4. The lowest BCUT2D eigenvalue weighted by Gasteiger charge is -2.23. The summed E-state index contributed by atoms with van der Waals surface area (Å²) in [5.41, 5.74) is 10.6. The molecule has 0 fully saturated rings. The zero-order valence-corrected chi connectivity index (χ0v) is 19.9. The summed E-state index contributed by atoms with van der Waals surface area (Å²) >= 11 is 0. The largest absolute Gasteiger partial charge is 0.366 e. The number of sulfonamides is 1. The van der Waals surface area contributed by atoms with Crippen LogP contribution in [-0.2, 0) is 16.6 Å². The average Bonchev–Trinajstić information content (AvgIpc) is 2.75. The fraction of sp³-hybridized carbons (Fsp3) is 0.200. The van der Waals surface area contributed by atoms with Crippen molar-refractivity contribution in [1.82, 2.24) is 0 Å². The minimum atomic E-state index is -3.51. The van der Waals surface area contributed by atoms with Crippen LogP contribution in [0.4, 0.5) is 11.4 Å². The van der Waals surface area contributed by atoms with Gasteiger partial charge in [-0.25, -0.2) is 8.42 Å². The van der Waals surface area contributed by atoms with E-state index in [1.165, 1.54) is 10.6 Å². The van der Waals surface area contributed by atoms with Crippen molar-refractivity contribution in [3.05, 3.63) is 94.0 Å². The lowest BCUT2D eigenvalue weighted by Crippen LogP contribution is -2.29. The highest BCUT2D eigenvalue weighted by Gasteiger charge is 2.19. The summed E-state index contributed by atoms with van der Waals surface area (Å²) in [7, 11) is -3.51. The summed E-state index contributed by atoms with van der Waals surface area (Å²) in [6.07, 6.45) is 1.17. The van der Waals surface area contributed by atoms with Gasteiger partial charge in [0.15, 0.2) is 0 Å². The Morgan fingerprint density at radius 3 is 2.18 bits per heavy atom. The Labute approximate surface area is 194 Å². The van der Waals surface area contributed by atoms with Gasteiger partial charge < -0.3 is 11.1 Å². The molecule has 0 unspecified atom stereocenters. The SMILES string of the molecule is Cc1ccc(N(Cc2ccc(C(=O)Nc3cccc(C(N)=O)c3C)cc2)S(C)(=O)=O)cc1C. The Morgan fingerprint density at radius 1 is 0.939 bits per heavy atom. The fourth-order valence-electron chi connectivity index (χ4n) is 3.44. The van der Waals surface area contributed by atoms with Crippen molar-refractivity contribution >= 4 is 33.2 Å². The number of aryl methyl sites for hydroxylation is 2. The van der Waals surface area contributed by atoms with Gasteiger partial charge in [0.1, 0.15) is 0 Å². The third kappa shape index (κ3) is 5.59. The molecule has 0 saturated carbocycles. The highest BCUT2D eigenvalue weighted by molar-refractivity contribution is 7.92. The van der Waals surface area contributed by atoms with E-state index < -0.39 is 15.9 Å². The van der Waals surface area contributed by atoms with Crippen molar-refractivity contribution in [2.75, 3.05) is 15.9 Å². The molecule has 2 amide bonds. The molecule has 0 aliphatic heterocycles. The molecule has 0 aromatic heterocycles. The highest BCUT2D eigenvalue weighted by atomic mass is 32.2. The minimum absolute atomic E-state index is 0.142. The number of carbonyl (C=O) groups excluding carboxylic acids is 2. The maximum atomic E-state index is 12.7. The van der Waals surface area contributed by atoms with Gasteiger partial charge in [-0.3, -0.25) is 13.9 Å². The first-order chi connectivity index (χ1) is 15.5. The first kappa shape index (κ1) is 24.0. The number of nitrogens with one attached hydrogen (secondary N) is 1. The number of primary amides is 1. The smallest absolute Gasteiger partial charge is 0.255 e. The number of anilines is 2. The van der Waals surface area contributed by atoms with E-state index >= 15 is 0 Å². The van der Waals surface area contributed by atoms with Crippen molar-refractivity contribution in [2.45, 2.75) is 27.3 Å². The van der Waals surface area contributed by atoms with Crippen molar-refractivity contribution in [2.24, 2.45) is 5.73 Å². The van der Waals surface area contributed by atoms with Crippen molar-refractivity contribution in [3.8, 4) is 0 Å². The molecule has 172 valence electrons. The van der Waals surface area contributed by atoms with E-state index in [9.17, 15) is 18.0 Å². The Hall–Kier alpha value is -3.65. The maximum absolute atomic E-state index is 12.7. The standard InChI is InChI=1S/C25H27N3O4S/c1-16-8-13-21(14-17(16)2)28(33(4,31)32)15-19-9-11-20(12-10-19)25(30)27-23-7-5-6-22(18(23)3)24(26)29/h5-14H,15H2,1-4H3,(H2,26,29)(H,27,30). The van der Waals surface area contributed by atoms with Gasteiger partial charge in [0, 0.05) is 16.8 Å². The third-order valence-electron chi connectivity index (χ3n) is 5.57. The second-order valence-electron chi connectivity index (χ2n) is 8.03. The summed E-state index contributed by atoms with van der Waals surface area (Å²) in [5, 5.41) is 2.79. The van der Waals surface area contributed by atoms with E-state index in [4.69, 9.17) is 5.73 Å². The number of rotatable bonds is 7. The molecule has 8 heteroatoms. The topological polar surface area (TPSA) is 110 Å². The summed E-state index contributed by atoms with van der Waals surface area (Å²) in [6, 6.07) is 17.2. The first-order valence-corrected chi connectivity index (χ1v) is 12.2. The molecule has 3 N–H and O–H groups in total. The number of benzene rings is 3. The van der Waals surface area contributed by atoms with E-state index in [-0.39, 0.29) is 12.5 Å². The predicted molar refractivity (Wildman–Crippen MR) is 131 cm³/mol. The van der Waals surface area contributed by atoms with Crippen LogP contribution in [0.2, 0.25) is 0 Å². The normalized spacial score (nSPS) is 11.2. The first-order valence-electron chi connectivity index (χ1n) is 10.3. The molecule has 3 aromatic carbocycles. The molecular weight excluding hydrogens is 438 g/mol. The van der Waals surface area contributed by atoms with Gasteiger partial charge in [-0.05, 0) is 79.4 Å². The van der Waals surface area contributed by atoms with Crippen LogP contribution < -0.4 is 15.4 Å². The molecular formula is C25H27N3O4S. The fourth-order valence-corrected chi connectivity index (χ4v) is 4.32. The quantitative estimate of drug-likeness (QED) is 0.551. The predicted octanol–water partition coefficient (Wildman–Crippen LogP) is 3.93. The Balaban J connectivity index is 1.80. The number of nitrogens with zero attached hydrogens (tertiary/aromatic N) is 1. The zero-order valence-electron chi connectivity index (χ0n) is 19.0. The maximum Gasteiger partial charge on any atom is 0.255 e. The molecule has 0 bridgehead atoms. The molecule has 0 aliphatic carbocycles. The van der Waals surface area contributed by atoms with E-state index in [1.807, 2.05) is 26.0 Å². The van der Waals surface area contributed by atoms with Crippen LogP contribution in [0, 0.1) is 20.8 Å². The van der Waals surface area contributed by atoms with E-state index in [2.05, 4.69) is 5.32 Å². The van der Waals surface area contributed by atoms with Gasteiger partial charge in [0.25, 0.3) is 5.91 Å². The Bertz CT molecular complexity index is 1320. The van der Waals surface area contributed by atoms with Crippen LogP contribution in [0.5, 0.6) is 0 Å². The van der Waals surface area contributed by atoms with Crippen LogP contribution >= 0.6 is 0 Å². The minimum Gasteiger partial charge on any atom is -0.366 e. The summed E-state index contributed by atoms with van der Waals surface area (Å²) in [5.74, 6) is -0.910. The molecule has 3 rings (SSSR count). The highest BCUT2D eigenvalue weighted by Crippen LogP contribution is 2.24. The van der Waals surface area contributed by atoms with Gasteiger partial charge in [-0.1, -0.05) is 24.3 Å². The molecule has 0 heterocycles. The van der Waals surface area contributed by atoms with E-state index in [1.54, 1.807) is 55.5 Å². The average molecular weight is 466 g/mol. The third-order valence-corrected chi connectivity index (χ3v) is 6.71. The lowest BCUT2D eigenvalue weighted by atomic mass is 10.1. The summed E-state index contributed by atoms with van der Waals surface area (Å²) < 4.78 is 26.2. The number of amides is 2. The van der Waals surface area contributed by atoms with E-state index in [0.717, 1.165) is 16.7 Å². The molecule has 0 atom stereocenters. The monoisotopic (exact) mass is 465 g/mol. The molecule has 0 aliphatic rings. The lowest BCUT2D eigenvalue weighted by molar-refractivity contribution is 0.0995. The number of hydrogen-bond donors (Lipinski definition) is 2. The zero-order chi connectivity index (χ0) is 24.3. The molecule has 0 radical (unpaired) electrons. The van der Waals surface area contributed by atoms with Crippen LogP contribution in [-0.4, -0.2) is 26.5 Å². The number of nitrogens with two attached hydrogens (primary N) is 1. The van der Waals surface area contributed by atoms with Gasteiger partial charge in [-0.2, -0.15) is 0 Å². The Morgan fingerprint density at radius 2 is 1.61 bits per heavy atom. The second kappa shape index (κ2) is 9.46. The molecule has 3 aromatic rings. The van der Waals surface area contributed by atoms with Gasteiger partial charge in [-0.15, -0.1) is 0 Å². The molecule has 0 saturated heterocycles. The van der Waals surface area contributed by atoms with Crippen LogP contribution in [0.1, 0.15) is 43.0 Å². The van der Waals surface area contributed by atoms with Gasteiger partial charge >= 0.3 is 0 Å². The molecule has 33 heavy (non-hydrogen) atoms. The van der Waals surface area contributed by atoms with Crippen LogP contribution in [0.15, 0.2) is 60.7 Å². The van der Waals surface area contributed by atoms with Crippen molar-refractivity contribution < 1.29 is 18.0 Å². The van der Waals surface area contributed by atoms with Crippen molar-refractivity contribution in [3.63, 3.8) is 0 Å². The number of carbonyl (C=O) groups is 2. The van der Waals surface area contributed by atoms with Gasteiger partial charge in [0.05, 0.1) is 18.5 Å². The molecule has 7 nitrogen and oxygen atoms in total. The van der Waals surface area contributed by atoms with Crippen LogP contribution in [0.3, 0.4) is 0 Å².